The molecule has 0 fully saturated rings. The minimum atomic E-state index is -1.00. The van der Waals surface area contributed by atoms with Crippen LogP contribution in [0.5, 0.6) is 5.75 Å². The van der Waals surface area contributed by atoms with Crippen molar-refractivity contribution in [1.29, 1.82) is 0 Å². The first-order chi connectivity index (χ1) is 9.38. The summed E-state index contributed by atoms with van der Waals surface area (Å²) in [7, 11) is 0. The van der Waals surface area contributed by atoms with Crippen LogP contribution in [0.1, 0.15) is 11.1 Å². The van der Waals surface area contributed by atoms with Gasteiger partial charge >= 0.3 is 5.97 Å². The summed E-state index contributed by atoms with van der Waals surface area (Å²) in [5.41, 5.74) is 7.18. The Morgan fingerprint density at radius 1 is 1.30 bits per heavy atom. The first kappa shape index (κ1) is 16.0. The third kappa shape index (κ3) is 5.71. The maximum atomic E-state index is 10.9. The number of carbonyl (C=O) groups excluding carboxylic acids is 1. The van der Waals surface area contributed by atoms with Gasteiger partial charge < -0.3 is 15.6 Å². The van der Waals surface area contributed by atoms with Gasteiger partial charge in [0, 0.05) is 6.54 Å². The van der Waals surface area contributed by atoms with Crippen LogP contribution < -0.4 is 10.5 Å². The van der Waals surface area contributed by atoms with Crippen molar-refractivity contribution >= 4 is 11.9 Å². The molecule has 3 N–H and O–H groups in total. The van der Waals surface area contributed by atoms with Gasteiger partial charge in [-0.2, -0.15) is 0 Å². The van der Waals surface area contributed by atoms with Gasteiger partial charge in [-0.1, -0.05) is 12.1 Å². The van der Waals surface area contributed by atoms with E-state index in [0.717, 1.165) is 16.9 Å². The third-order valence-corrected chi connectivity index (χ3v) is 2.75. The summed E-state index contributed by atoms with van der Waals surface area (Å²) in [4.78, 5) is 23.0. The maximum absolute atomic E-state index is 10.9. The average Bonchev–Trinajstić information content (AvgIpc) is 2.32. The Balaban J connectivity index is 2.52. The smallest absolute Gasteiger partial charge is 0.317 e. The highest BCUT2D eigenvalue weighted by Crippen LogP contribution is 2.18. The molecule has 0 unspecified atom stereocenters. The molecule has 0 heterocycles. The molecule has 0 radical (unpaired) electrons. The number of carbonyl (C=O) groups is 2. The molecule has 0 atom stereocenters. The second-order valence-electron chi connectivity index (χ2n) is 4.69. The Morgan fingerprint density at radius 3 is 2.60 bits per heavy atom. The van der Waals surface area contributed by atoms with Gasteiger partial charge in [0.1, 0.15) is 12.4 Å². The van der Waals surface area contributed by atoms with Gasteiger partial charge in [0.15, 0.2) is 0 Å². The molecule has 1 rings (SSSR count). The molecule has 1 aromatic rings. The Kier molecular flexibility index (Phi) is 5.99. The van der Waals surface area contributed by atoms with Crippen molar-refractivity contribution in [2.24, 2.45) is 5.73 Å². The van der Waals surface area contributed by atoms with E-state index in [1.807, 2.05) is 32.0 Å². The van der Waals surface area contributed by atoms with Gasteiger partial charge in [0.2, 0.25) is 5.91 Å². The molecular formula is C14H20N2O4. The first-order valence-electron chi connectivity index (χ1n) is 6.31. The lowest BCUT2D eigenvalue weighted by atomic mass is 10.1. The van der Waals surface area contributed by atoms with Crippen LogP contribution in [-0.2, 0) is 9.59 Å². The van der Waals surface area contributed by atoms with Crippen LogP contribution in [0.25, 0.3) is 0 Å². The van der Waals surface area contributed by atoms with Crippen molar-refractivity contribution < 1.29 is 19.4 Å². The van der Waals surface area contributed by atoms with Gasteiger partial charge in [-0.05, 0) is 31.0 Å². The van der Waals surface area contributed by atoms with Crippen LogP contribution in [0.2, 0.25) is 0 Å². The largest absolute Gasteiger partial charge is 0.492 e. The molecule has 6 heteroatoms. The number of hydrogen-bond donors (Lipinski definition) is 2. The highest BCUT2D eigenvalue weighted by molar-refractivity contribution is 5.77. The number of carboxylic acids is 1. The van der Waals surface area contributed by atoms with Crippen molar-refractivity contribution in [3.63, 3.8) is 0 Å². The average molecular weight is 280 g/mol. The van der Waals surface area contributed by atoms with E-state index in [4.69, 9.17) is 15.6 Å². The predicted octanol–water partition coefficient (Wildman–Crippen LogP) is 0.554. The fourth-order valence-electron chi connectivity index (χ4n) is 1.77. The van der Waals surface area contributed by atoms with Gasteiger partial charge in [-0.3, -0.25) is 14.5 Å². The van der Waals surface area contributed by atoms with Crippen LogP contribution in [-0.4, -0.2) is 48.1 Å². The summed E-state index contributed by atoms with van der Waals surface area (Å²) in [5, 5.41) is 8.76. The molecule has 1 amide bonds. The number of nitrogens with zero attached hydrogens (tertiary/aromatic N) is 1. The zero-order chi connectivity index (χ0) is 15.1. The summed E-state index contributed by atoms with van der Waals surface area (Å²) >= 11 is 0. The quantitative estimate of drug-likeness (QED) is 0.725. The van der Waals surface area contributed by atoms with Crippen molar-refractivity contribution in [1.82, 2.24) is 4.90 Å². The van der Waals surface area contributed by atoms with Crippen LogP contribution in [0, 0.1) is 13.8 Å². The Labute approximate surface area is 118 Å². The molecule has 0 aliphatic carbocycles. The molecule has 20 heavy (non-hydrogen) atoms. The monoisotopic (exact) mass is 280 g/mol. The summed E-state index contributed by atoms with van der Waals surface area (Å²) in [6.45, 7) is 4.19. The minimum Gasteiger partial charge on any atom is -0.492 e. The van der Waals surface area contributed by atoms with Crippen LogP contribution >= 0.6 is 0 Å². The number of benzene rings is 1. The van der Waals surface area contributed by atoms with E-state index < -0.39 is 11.9 Å². The number of amides is 1. The van der Waals surface area contributed by atoms with Gasteiger partial charge in [-0.15, -0.1) is 0 Å². The third-order valence-electron chi connectivity index (χ3n) is 2.75. The summed E-state index contributed by atoms with van der Waals surface area (Å²) < 4.78 is 5.62. The maximum Gasteiger partial charge on any atom is 0.317 e. The molecule has 0 aromatic heterocycles. The molecule has 0 bridgehead atoms. The number of aryl methyl sites for hydroxylation is 2. The van der Waals surface area contributed by atoms with Crippen molar-refractivity contribution in [2.45, 2.75) is 13.8 Å². The molecule has 0 saturated heterocycles. The Bertz CT molecular complexity index is 472. The van der Waals surface area contributed by atoms with Crippen molar-refractivity contribution in [3.05, 3.63) is 29.3 Å². The summed E-state index contributed by atoms with van der Waals surface area (Å²) in [6, 6.07) is 5.88. The summed E-state index contributed by atoms with van der Waals surface area (Å²) in [6.07, 6.45) is 0. The van der Waals surface area contributed by atoms with E-state index in [1.165, 1.54) is 4.90 Å². The fraction of sp³-hybridized carbons (Fsp3) is 0.429. The Hall–Kier alpha value is -2.08. The molecule has 0 saturated carbocycles. The van der Waals surface area contributed by atoms with E-state index in [-0.39, 0.29) is 13.1 Å². The van der Waals surface area contributed by atoms with Crippen molar-refractivity contribution in [2.75, 3.05) is 26.2 Å². The highest BCUT2D eigenvalue weighted by atomic mass is 16.5. The number of primary amides is 1. The molecule has 1 aromatic carbocycles. The second-order valence-corrected chi connectivity index (χ2v) is 4.69. The number of nitrogens with two attached hydrogens (primary N) is 1. The number of carboxylic acid groups (broad SMARTS) is 1. The number of ether oxygens (including phenoxy) is 1. The van der Waals surface area contributed by atoms with E-state index in [1.54, 1.807) is 0 Å². The highest BCUT2D eigenvalue weighted by Gasteiger charge is 2.12. The SMILES string of the molecule is Cc1ccc(C)c(OCCN(CC(N)=O)CC(=O)O)c1. The molecular weight excluding hydrogens is 260 g/mol. The topological polar surface area (TPSA) is 92.9 Å². The Morgan fingerprint density at radius 2 is 2.00 bits per heavy atom. The van der Waals surface area contributed by atoms with Crippen LogP contribution in [0.15, 0.2) is 18.2 Å². The van der Waals surface area contributed by atoms with Gasteiger partial charge in [-0.25, -0.2) is 0 Å². The van der Waals surface area contributed by atoms with Crippen LogP contribution in [0.3, 0.4) is 0 Å². The normalized spacial score (nSPS) is 10.6. The van der Waals surface area contributed by atoms with Crippen molar-refractivity contribution in [3.8, 4) is 5.75 Å². The van der Waals surface area contributed by atoms with Gasteiger partial charge in [0.25, 0.3) is 0 Å². The molecule has 0 aliphatic heterocycles. The predicted molar refractivity (Wildman–Crippen MR) is 74.7 cm³/mol. The lowest BCUT2D eigenvalue weighted by molar-refractivity contribution is -0.138. The van der Waals surface area contributed by atoms with E-state index in [0.29, 0.717) is 13.2 Å². The zero-order valence-corrected chi connectivity index (χ0v) is 11.8. The van der Waals surface area contributed by atoms with E-state index in [9.17, 15) is 9.59 Å². The number of hydrogen-bond acceptors (Lipinski definition) is 4. The zero-order valence-electron chi connectivity index (χ0n) is 11.8. The molecule has 6 nitrogen and oxygen atoms in total. The number of rotatable bonds is 8. The summed E-state index contributed by atoms with van der Waals surface area (Å²) in [5.74, 6) is -0.796. The second kappa shape index (κ2) is 7.49. The molecule has 110 valence electrons. The van der Waals surface area contributed by atoms with Crippen LogP contribution in [0.4, 0.5) is 0 Å². The lowest BCUT2D eigenvalue weighted by Gasteiger charge is -2.19. The first-order valence-corrected chi connectivity index (χ1v) is 6.31. The molecule has 0 spiro atoms. The minimum absolute atomic E-state index is 0.0948. The standard InChI is InChI=1S/C14H20N2O4/c1-10-3-4-11(2)12(7-10)20-6-5-16(8-13(15)17)9-14(18)19/h3-4,7H,5-6,8-9H2,1-2H3,(H2,15,17)(H,18,19). The van der Waals surface area contributed by atoms with E-state index in [2.05, 4.69) is 0 Å². The lowest BCUT2D eigenvalue weighted by Crippen LogP contribution is -2.39. The fourth-order valence-corrected chi connectivity index (χ4v) is 1.77. The number of aliphatic carboxylic acids is 1. The molecule has 0 aliphatic rings. The van der Waals surface area contributed by atoms with Gasteiger partial charge in [0.05, 0.1) is 13.1 Å². The van der Waals surface area contributed by atoms with E-state index >= 15 is 0 Å².